The molecule has 188 valence electrons. The number of rotatable bonds is 9. The first-order valence-corrected chi connectivity index (χ1v) is 15.2. The van der Waals surface area contributed by atoms with Gasteiger partial charge in [0.25, 0.3) is 0 Å². The summed E-state index contributed by atoms with van der Waals surface area (Å²) >= 11 is 0. The molecule has 0 unspecified atom stereocenters. The molecule has 0 heterocycles. The first kappa shape index (κ1) is 27.9. The number of fused-ring (bicyclic) bond motifs is 1. The van der Waals surface area contributed by atoms with E-state index in [0.29, 0.717) is 29.5 Å². The van der Waals surface area contributed by atoms with Crippen molar-refractivity contribution in [2.75, 3.05) is 13.2 Å². The van der Waals surface area contributed by atoms with Crippen LogP contribution in [0.15, 0.2) is 0 Å². The Morgan fingerprint density at radius 1 is 0.939 bits per heavy atom. The van der Waals surface area contributed by atoms with Gasteiger partial charge in [0.05, 0.1) is 13.2 Å². The van der Waals surface area contributed by atoms with Crippen molar-refractivity contribution in [2.24, 2.45) is 23.2 Å². The quantitative estimate of drug-likeness (QED) is 0.173. The molecule has 0 spiro atoms. The van der Waals surface area contributed by atoms with Gasteiger partial charge in [-0.3, -0.25) is 9.59 Å². The third kappa shape index (κ3) is 4.91. The normalized spacial score (nSPS) is 27.2. The lowest BCUT2D eigenvalue weighted by Crippen LogP contribution is -2.60. The molecular formula is C27H46O5Si. The topological polar surface area (TPSA) is 61.8 Å². The zero-order valence-electron chi connectivity index (χ0n) is 22.1. The lowest BCUT2D eigenvalue weighted by Gasteiger charge is -2.54. The predicted molar refractivity (Wildman–Crippen MR) is 134 cm³/mol. The van der Waals surface area contributed by atoms with Crippen molar-refractivity contribution in [1.29, 1.82) is 0 Å². The highest BCUT2D eigenvalue weighted by atomic mass is 28.4. The van der Waals surface area contributed by atoms with Crippen LogP contribution in [0.2, 0.25) is 16.6 Å². The van der Waals surface area contributed by atoms with Crippen molar-refractivity contribution in [2.45, 2.75) is 110 Å². The van der Waals surface area contributed by atoms with Crippen LogP contribution in [-0.2, 0) is 23.5 Å². The Morgan fingerprint density at radius 3 is 1.88 bits per heavy atom. The summed E-state index contributed by atoms with van der Waals surface area (Å²) in [5, 5.41) is 0. The Hall–Kier alpha value is -1.32. The molecule has 0 N–H and O–H groups in total. The zero-order valence-corrected chi connectivity index (χ0v) is 23.1. The van der Waals surface area contributed by atoms with E-state index < -0.39 is 25.7 Å². The molecule has 2 aliphatic carbocycles. The number of hydrogen-bond acceptors (Lipinski definition) is 5. The highest BCUT2D eigenvalue weighted by Gasteiger charge is 2.63. The van der Waals surface area contributed by atoms with Crippen molar-refractivity contribution in [3.05, 3.63) is 0 Å². The maximum absolute atomic E-state index is 13.4. The Balaban J connectivity index is 2.58. The van der Waals surface area contributed by atoms with Crippen LogP contribution in [0.25, 0.3) is 0 Å². The third-order valence-electron chi connectivity index (χ3n) is 8.40. The molecule has 0 aromatic heterocycles. The van der Waals surface area contributed by atoms with Gasteiger partial charge in [-0.1, -0.05) is 48.0 Å². The molecule has 33 heavy (non-hydrogen) atoms. The average molecular weight is 479 g/mol. The van der Waals surface area contributed by atoms with Gasteiger partial charge in [-0.25, -0.2) is 0 Å². The molecule has 0 aromatic rings. The lowest BCUT2D eigenvalue weighted by atomic mass is 9.53. The molecule has 0 saturated heterocycles. The number of ether oxygens (including phenoxy) is 2. The number of terminal acetylenes is 1. The fourth-order valence-electron chi connectivity index (χ4n) is 7.17. The SMILES string of the molecule is C#C[C@H]1CCC(C(=O)OCC)(C(=O)OCC)[C@H]2CCC[C@H](O[Si](C(C)C)(C(C)C)C(C)C)[C@@H]12. The second-order valence-corrected chi connectivity index (χ2v) is 16.2. The van der Waals surface area contributed by atoms with Crippen LogP contribution < -0.4 is 0 Å². The fraction of sp³-hybridized carbons (Fsp3) is 0.852. The van der Waals surface area contributed by atoms with E-state index in [9.17, 15) is 9.59 Å². The molecule has 2 rings (SSSR count). The Morgan fingerprint density at radius 2 is 1.45 bits per heavy atom. The second-order valence-electron chi connectivity index (χ2n) is 10.8. The van der Waals surface area contributed by atoms with Gasteiger partial charge in [-0.15, -0.1) is 12.3 Å². The molecule has 0 aromatic carbocycles. The Bertz CT molecular complexity index is 683. The lowest BCUT2D eigenvalue weighted by molar-refractivity contribution is -0.189. The Labute approximate surface area is 202 Å². The zero-order chi connectivity index (χ0) is 25.0. The van der Waals surface area contributed by atoms with Crippen LogP contribution >= 0.6 is 0 Å². The maximum Gasteiger partial charge on any atom is 0.323 e. The highest BCUT2D eigenvalue weighted by Crippen LogP contribution is 2.56. The van der Waals surface area contributed by atoms with E-state index in [0.717, 1.165) is 19.3 Å². The largest absolute Gasteiger partial charge is 0.465 e. The van der Waals surface area contributed by atoms with Gasteiger partial charge in [-0.05, 0) is 62.1 Å². The molecule has 0 aliphatic heterocycles. The molecule has 0 amide bonds. The fourth-order valence-corrected chi connectivity index (χ4v) is 12.8. The van der Waals surface area contributed by atoms with Gasteiger partial charge in [0, 0.05) is 17.9 Å². The van der Waals surface area contributed by atoms with E-state index in [-0.39, 0.29) is 37.1 Å². The highest BCUT2D eigenvalue weighted by molar-refractivity contribution is 6.77. The van der Waals surface area contributed by atoms with Gasteiger partial charge in [-0.2, -0.15) is 0 Å². The van der Waals surface area contributed by atoms with E-state index >= 15 is 0 Å². The smallest absolute Gasteiger partial charge is 0.323 e. The molecular weight excluding hydrogens is 432 g/mol. The standard InChI is InChI=1S/C27H46O5Si/c1-10-21-16-17-27(25(28)30-11-2,26(29)31-12-3)22-14-13-15-23(24(21)22)32-33(18(4)5,19(6)7)20(8)9/h1,18-24H,11-17H2,2-9H3/t21-,22-,23-,24-/m0/s1. The van der Waals surface area contributed by atoms with Crippen LogP contribution in [0.3, 0.4) is 0 Å². The summed E-state index contributed by atoms with van der Waals surface area (Å²) in [6.07, 6.45) is 9.58. The van der Waals surface area contributed by atoms with Crippen molar-refractivity contribution in [3.8, 4) is 12.3 Å². The summed E-state index contributed by atoms with van der Waals surface area (Å²) < 4.78 is 18.3. The molecule has 4 atom stereocenters. The van der Waals surface area contributed by atoms with E-state index in [1.54, 1.807) is 13.8 Å². The van der Waals surface area contributed by atoms with E-state index in [2.05, 4.69) is 47.5 Å². The molecule has 2 aliphatic rings. The van der Waals surface area contributed by atoms with Gasteiger partial charge >= 0.3 is 11.9 Å². The Kier molecular flexibility index (Phi) is 9.65. The summed E-state index contributed by atoms with van der Waals surface area (Å²) in [7, 11) is -2.17. The number of carbonyl (C=O) groups excluding carboxylic acids is 2. The average Bonchev–Trinajstić information content (AvgIpc) is 2.76. The first-order chi connectivity index (χ1) is 15.5. The molecule has 2 saturated carbocycles. The minimum Gasteiger partial charge on any atom is -0.465 e. The van der Waals surface area contributed by atoms with Gasteiger partial charge in [0.15, 0.2) is 5.41 Å². The van der Waals surface area contributed by atoms with Crippen molar-refractivity contribution in [3.63, 3.8) is 0 Å². The summed E-state index contributed by atoms with van der Waals surface area (Å²) in [6.45, 7) is 17.7. The third-order valence-corrected chi connectivity index (χ3v) is 14.5. The monoisotopic (exact) mass is 478 g/mol. The van der Waals surface area contributed by atoms with Crippen molar-refractivity contribution in [1.82, 2.24) is 0 Å². The van der Waals surface area contributed by atoms with Crippen molar-refractivity contribution < 1.29 is 23.5 Å². The van der Waals surface area contributed by atoms with Crippen LogP contribution in [0.1, 0.15) is 87.5 Å². The molecule has 0 bridgehead atoms. The van der Waals surface area contributed by atoms with Gasteiger partial charge < -0.3 is 13.9 Å². The first-order valence-electron chi connectivity index (χ1n) is 13.0. The van der Waals surface area contributed by atoms with Crippen molar-refractivity contribution >= 4 is 20.3 Å². The van der Waals surface area contributed by atoms with Crippen LogP contribution in [0.5, 0.6) is 0 Å². The minimum atomic E-state index is -2.17. The summed E-state index contributed by atoms with van der Waals surface area (Å²) in [4.78, 5) is 26.8. The van der Waals surface area contributed by atoms with Gasteiger partial charge in [0.1, 0.15) is 0 Å². The summed E-state index contributed by atoms with van der Waals surface area (Å²) in [5.41, 5.74) is 0.0610. The second kappa shape index (κ2) is 11.4. The van der Waals surface area contributed by atoms with Crippen LogP contribution in [0, 0.1) is 35.5 Å². The van der Waals surface area contributed by atoms with Gasteiger partial charge in [0.2, 0.25) is 8.32 Å². The summed E-state index contributed by atoms with van der Waals surface area (Å²) in [5.74, 6) is 1.83. The number of hydrogen-bond donors (Lipinski definition) is 0. The molecule has 2 fully saturated rings. The van der Waals surface area contributed by atoms with Crippen LogP contribution in [-0.4, -0.2) is 39.6 Å². The predicted octanol–water partition coefficient (Wildman–Crippen LogP) is 6.12. The number of carbonyl (C=O) groups is 2. The maximum atomic E-state index is 13.4. The molecule has 0 radical (unpaired) electrons. The van der Waals surface area contributed by atoms with E-state index in [1.807, 2.05) is 0 Å². The minimum absolute atomic E-state index is 0.0181. The van der Waals surface area contributed by atoms with E-state index in [1.165, 1.54) is 0 Å². The number of esters is 2. The molecule has 6 heteroatoms. The van der Waals surface area contributed by atoms with Crippen LogP contribution in [0.4, 0.5) is 0 Å². The molecule has 5 nitrogen and oxygen atoms in total. The van der Waals surface area contributed by atoms with E-state index in [4.69, 9.17) is 20.3 Å². The summed E-state index contributed by atoms with van der Waals surface area (Å²) in [6, 6.07) is 0.